The summed E-state index contributed by atoms with van der Waals surface area (Å²) in [6.45, 7) is 4.20. The zero-order valence-corrected chi connectivity index (χ0v) is 25.7. The van der Waals surface area contributed by atoms with Gasteiger partial charge in [0.05, 0.1) is 18.3 Å². The largest absolute Gasteiger partial charge is 0.455 e. The fraction of sp³-hybridized carbons (Fsp3) is 0.857. The summed E-state index contributed by atoms with van der Waals surface area (Å²) >= 11 is 0. The summed E-state index contributed by atoms with van der Waals surface area (Å²) in [6.07, 6.45) is 36.2. The first-order valence-corrected chi connectivity index (χ1v) is 17.0. The molecule has 4 atom stereocenters. The van der Waals surface area contributed by atoms with E-state index < -0.39 is 0 Å². The average Bonchev–Trinajstić information content (AvgIpc) is 3.53. The Kier molecular flexibility index (Phi) is 19.7. The molecule has 226 valence electrons. The lowest BCUT2D eigenvalue weighted by Crippen LogP contribution is -2.26. The molecule has 2 aliphatic rings. The second-order valence-electron chi connectivity index (χ2n) is 12.3. The van der Waals surface area contributed by atoms with Crippen molar-refractivity contribution < 1.29 is 19.4 Å². The van der Waals surface area contributed by atoms with Crippen LogP contribution in [0.4, 0.5) is 0 Å². The van der Waals surface area contributed by atoms with Crippen LogP contribution in [-0.2, 0) is 14.3 Å². The monoisotopic (exact) mass is 546 g/mol. The maximum absolute atomic E-state index is 11.6. The number of esters is 1. The Morgan fingerprint density at radius 2 is 1.41 bits per heavy atom. The van der Waals surface area contributed by atoms with Crippen LogP contribution in [0.5, 0.6) is 0 Å². The number of hydrogen-bond donors (Lipinski definition) is 1. The van der Waals surface area contributed by atoms with Crippen molar-refractivity contribution in [3.8, 4) is 0 Å². The third kappa shape index (κ3) is 16.7. The zero-order chi connectivity index (χ0) is 28.0. The molecule has 1 N–H and O–H groups in total. The van der Waals surface area contributed by atoms with Gasteiger partial charge >= 0.3 is 5.97 Å². The van der Waals surface area contributed by atoms with Crippen LogP contribution in [0.15, 0.2) is 23.8 Å². The second-order valence-corrected chi connectivity index (χ2v) is 12.3. The lowest BCUT2D eigenvalue weighted by Gasteiger charge is -2.19. The fourth-order valence-corrected chi connectivity index (χ4v) is 6.05. The molecule has 2 heterocycles. The average molecular weight is 547 g/mol. The molecule has 0 saturated carbocycles. The van der Waals surface area contributed by atoms with Crippen molar-refractivity contribution in [2.75, 3.05) is 0 Å². The molecule has 2 rings (SSSR count). The fourth-order valence-electron chi connectivity index (χ4n) is 6.05. The minimum absolute atomic E-state index is 0.0292. The highest BCUT2D eigenvalue weighted by Crippen LogP contribution is 2.28. The van der Waals surface area contributed by atoms with Crippen molar-refractivity contribution in [1.82, 2.24) is 0 Å². The van der Waals surface area contributed by atoms with Crippen molar-refractivity contribution in [2.45, 2.75) is 192 Å². The molecule has 0 unspecified atom stereocenters. The summed E-state index contributed by atoms with van der Waals surface area (Å²) in [5.41, 5.74) is 0.863. The highest BCUT2D eigenvalue weighted by atomic mass is 16.5. The normalized spacial score (nSPS) is 22.1. The Hall–Kier alpha value is -1.13. The molecule has 0 radical (unpaired) electrons. The van der Waals surface area contributed by atoms with Gasteiger partial charge < -0.3 is 14.6 Å². The van der Waals surface area contributed by atoms with Crippen LogP contribution in [0.25, 0.3) is 0 Å². The molecule has 0 aliphatic carbocycles. The molecule has 2 aliphatic heterocycles. The Bertz CT molecular complexity index is 670. The lowest BCUT2D eigenvalue weighted by molar-refractivity contribution is -0.139. The Balaban J connectivity index is 1.34. The number of rotatable bonds is 25. The summed E-state index contributed by atoms with van der Waals surface area (Å²) in [7, 11) is 0. The number of cyclic esters (lactones) is 1. The van der Waals surface area contributed by atoms with Crippen LogP contribution in [0.2, 0.25) is 0 Å². The number of aliphatic hydroxyl groups is 1. The van der Waals surface area contributed by atoms with Crippen molar-refractivity contribution in [3.05, 3.63) is 23.8 Å². The van der Waals surface area contributed by atoms with Crippen LogP contribution in [-0.4, -0.2) is 35.5 Å². The number of hydrogen-bond acceptors (Lipinski definition) is 4. The van der Waals surface area contributed by atoms with Gasteiger partial charge in [-0.25, -0.2) is 4.79 Å². The van der Waals surface area contributed by atoms with Crippen molar-refractivity contribution in [1.29, 1.82) is 0 Å². The molecule has 4 heteroatoms. The molecule has 4 nitrogen and oxygen atoms in total. The predicted octanol–water partition coefficient (Wildman–Crippen LogP) is 9.92. The topological polar surface area (TPSA) is 55.8 Å². The maximum Gasteiger partial charge on any atom is 0.334 e. The first-order valence-electron chi connectivity index (χ1n) is 17.0. The first-order chi connectivity index (χ1) is 19.1. The summed E-state index contributed by atoms with van der Waals surface area (Å²) in [5.74, 6) is -0.122. The quantitative estimate of drug-likeness (QED) is 0.0703. The molecule has 0 aromatic carbocycles. The van der Waals surface area contributed by atoms with Gasteiger partial charge in [0, 0.05) is 5.57 Å². The molecule has 0 amide bonds. The van der Waals surface area contributed by atoms with Crippen LogP contribution in [0, 0.1) is 0 Å². The van der Waals surface area contributed by atoms with Gasteiger partial charge in [0.1, 0.15) is 6.10 Å². The van der Waals surface area contributed by atoms with Crippen molar-refractivity contribution >= 4 is 5.97 Å². The van der Waals surface area contributed by atoms with Crippen LogP contribution >= 0.6 is 0 Å². The molecular formula is C35H62O4. The van der Waals surface area contributed by atoms with Crippen LogP contribution in [0.1, 0.15) is 168 Å². The number of ether oxygens (including phenoxy) is 2. The molecule has 0 aromatic rings. The molecule has 39 heavy (non-hydrogen) atoms. The van der Waals surface area contributed by atoms with E-state index in [0.717, 1.165) is 50.5 Å². The number of allylic oxidation sites excluding steroid dienone is 2. The van der Waals surface area contributed by atoms with Crippen LogP contribution < -0.4 is 0 Å². The SMILES string of the molecule is CCCCCCCCCCCCCC/C=C\CC[C@H](O)[C@@H]1CC[C@@H](CCCCCCCC2=C[C@H](C)OC2=O)O1. The Morgan fingerprint density at radius 1 is 0.821 bits per heavy atom. The molecule has 1 fully saturated rings. The van der Waals surface area contributed by atoms with E-state index in [1.54, 1.807) is 0 Å². The minimum atomic E-state index is -0.328. The molecule has 0 bridgehead atoms. The van der Waals surface area contributed by atoms with E-state index in [9.17, 15) is 9.90 Å². The number of carbonyl (C=O) groups is 1. The summed E-state index contributed by atoms with van der Waals surface area (Å²) < 4.78 is 11.3. The van der Waals surface area contributed by atoms with Gasteiger partial charge in [-0.15, -0.1) is 0 Å². The third-order valence-electron chi connectivity index (χ3n) is 8.55. The van der Waals surface area contributed by atoms with Gasteiger partial charge in [-0.05, 0) is 70.8 Å². The Morgan fingerprint density at radius 3 is 2.05 bits per heavy atom. The minimum Gasteiger partial charge on any atom is -0.455 e. The number of carbonyl (C=O) groups excluding carboxylic acids is 1. The first kappa shape index (κ1) is 34.1. The third-order valence-corrected chi connectivity index (χ3v) is 8.55. The molecular weight excluding hydrogens is 484 g/mol. The molecule has 0 aromatic heterocycles. The van der Waals surface area contributed by atoms with E-state index in [1.807, 2.05) is 13.0 Å². The van der Waals surface area contributed by atoms with Crippen molar-refractivity contribution in [2.24, 2.45) is 0 Å². The number of unbranched alkanes of at least 4 members (excludes halogenated alkanes) is 16. The summed E-state index contributed by atoms with van der Waals surface area (Å²) in [6, 6.07) is 0. The summed E-state index contributed by atoms with van der Waals surface area (Å²) in [5, 5.41) is 10.6. The van der Waals surface area contributed by atoms with E-state index in [0.29, 0.717) is 6.10 Å². The van der Waals surface area contributed by atoms with Crippen molar-refractivity contribution in [3.63, 3.8) is 0 Å². The highest BCUT2D eigenvalue weighted by molar-refractivity contribution is 5.90. The highest BCUT2D eigenvalue weighted by Gasteiger charge is 2.29. The smallest absolute Gasteiger partial charge is 0.334 e. The van der Waals surface area contributed by atoms with Crippen LogP contribution in [0.3, 0.4) is 0 Å². The van der Waals surface area contributed by atoms with Gasteiger partial charge in [0.2, 0.25) is 0 Å². The molecule has 1 saturated heterocycles. The zero-order valence-electron chi connectivity index (χ0n) is 25.7. The standard InChI is InChI=1S/C35H62O4/c1-3-4-5-6-7-8-9-10-11-12-13-14-15-16-20-23-26-33(36)34-28-27-32(39-34)25-22-19-17-18-21-24-31-29-30(2)38-35(31)37/h16,20,29-30,32-34,36H,3-15,17-19,21-28H2,1-2H3/b20-16-/t30-,32+,33-,34-/m0/s1. The predicted molar refractivity (Wildman–Crippen MR) is 164 cm³/mol. The lowest BCUT2D eigenvalue weighted by atomic mass is 10.0. The second kappa shape index (κ2) is 22.5. The van der Waals surface area contributed by atoms with Gasteiger partial charge in [-0.1, -0.05) is 115 Å². The summed E-state index contributed by atoms with van der Waals surface area (Å²) in [4.78, 5) is 11.6. The van der Waals surface area contributed by atoms with Gasteiger partial charge in [0.15, 0.2) is 0 Å². The maximum atomic E-state index is 11.6. The van der Waals surface area contributed by atoms with E-state index in [1.165, 1.54) is 109 Å². The van der Waals surface area contributed by atoms with E-state index >= 15 is 0 Å². The van der Waals surface area contributed by atoms with Gasteiger partial charge in [-0.2, -0.15) is 0 Å². The van der Waals surface area contributed by atoms with E-state index in [-0.39, 0.29) is 24.3 Å². The van der Waals surface area contributed by atoms with Gasteiger partial charge in [0.25, 0.3) is 0 Å². The number of aliphatic hydroxyl groups excluding tert-OH is 1. The van der Waals surface area contributed by atoms with Gasteiger partial charge in [-0.3, -0.25) is 0 Å². The van der Waals surface area contributed by atoms with E-state index in [2.05, 4.69) is 19.1 Å². The Labute approximate surface area is 241 Å². The van der Waals surface area contributed by atoms with E-state index in [4.69, 9.17) is 9.47 Å². The molecule has 0 spiro atoms.